The number of aliphatic hydroxyl groups is 1. The molecule has 2 N–H and O–H groups in total. The van der Waals surface area contributed by atoms with Crippen LogP contribution in [0.25, 0.3) is 0 Å². The Morgan fingerprint density at radius 3 is 2.87 bits per heavy atom. The van der Waals surface area contributed by atoms with Crippen molar-refractivity contribution in [3.63, 3.8) is 0 Å². The van der Waals surface area contributed by atoms with Gasteiger partial charge in [0, 0.05) is 12.6 Å². The van der Waals surface area contributed by atoms with Crippen LogP contribution in [0, 0.1) is 5.82 Å². The maximum atomic E-state index is 13.3. The average molecular weight is 213 g/mol. The van der Waals surface area contributed by atoms with E-state index in [-0.39, 0.29) is 5.82 Å². The lowest BCUT2D eigenvalue weighted by Crippen LogP contribution is -2.18. The van der Waals surface area contributed by atoms with E-state index in [1.165, 1.54) is 13.2 Å². The third kappa shape index (κ3) is 3.40. The first-order valence-corrected chi connectivity index (χ1v) is 4.92. The molecule has 0 radical (unpaired) electrons. The Labute approximate surface area is 88.9 Å². The Hall–Kier alpha value is -1.29. The number of hydrogen-bond donors (Lipinski definition) is 2. The zero-order chi connectivity index (χ0) is 11.3. The summed E-state index contributed by atoms with van der Waals surface area (Å²) in [6, 6.07) is 4.45. The van der Waals surface area contributed by atoms with Gasteiger partial charge in [0.1, 0.15) is 11.6 Å². The topological polar surface area (TPSA) is 41.5 Å². The van der Waals surface area contributed by atoms with Crippen LogP contribution in [0.4, 0.5) is 10.1 Å². The van der Waals surface area contributed by atoms with Gasteiger partial charge < -0.3 is 15.2 Å². The highest BCUT2D eigenvalue weighted by atomic mass is 19.1. The second-order valence-electron chi connectivity index (χ2n) is 3.29. The summed E-state index contributed by atoms with van der Waals surface area (Å²) >= 11 is 0. The lowest BCUT2D eigenvalue weighted by atomic mass is 10.2. The highest BCUT2D eigenvalue weighted by molar-refractivity contribution is 5.49. The van der Waals surface area contributed by atoms with Crippen LogP contribution in [0.1, 0.15) is 13.3 Å². The molecule has 1 aromatic carbocycles. The minimum Gasteiger partial charge on any atom is -0.497 e. The molecular formula is C11H16FNO2. The Morgan fingerprint density at radius 1 is 1.53 bits per heavy atom. The van der Waals surface area contributed by atoms with Crippen molar-refractivity contribution in [3.05, 3.63) is 24.0 Å². The molecule has 0 aliphatic carbocycles. The molecule has 0 bridgehead atoms. The first-order valence-electron chi connectivity index (χ1n) is 4.92. The molecule has 0 fully saturated rings. The second kappa shape index (κ2) is 5.56. The zero-order valence-electron chi connectivity index (χ0n) is 8.96. The van der Waals surface area contributed by atoms with E-state index in [0.29, 0.717) is 24.4 Å². The fourth-order valence-corrected chi connectivity index (χ4v) is 1.14. The predicted octanol–water partition coefficient (Wildman–Crippen LogP) is 2.02. The average Bonchev–Trinajstić information content (AvgIpc) is 2.27. The number of halogens is 1. The molecule has 4 heteroatoms. The normalized spacial score (nSPS) is 12.3. The molecule has 0 aliphatic heterocycles. The summed E-state index contributed by atoms with van der Waals surface area (Å²) in [5.41, 5.74) is 0.349. The van der Waals surface area contributed by atoms with Crippen LogP contribution >= 0.6 is 0 Å². The van der Waals surface area contributed by atoms with Crippen LogP contribution in [0.15, 0.2) is 18.2 Å². The number of benzene rings is 1. The van der Waals surface area contributed by atoms with Gasteiger partial charge in [0.2, 0.25) is 0 Å². The van der Waals surface area contributed by atoms with Gasteiger partial charge in [-0.05, 0) is 18.6 Å². The molecule has 0 saturated carbocycles. The number of ether oxygens (including phenoxy) is 1. The molecule has 15 heavy (non-hydrogen) atoms. The Bertz CT molecular complexity index is 317. The monoisotopic (exact) mass is 213 g/mol. The van der Waals surface area contributed by atoms with E-state index in [1.807, 2.05) is 6.92 Å². The zero-order valence-corrected chi connectivity index (χ0v) is 8.96. The first-order chi connectivity index (χ1) is 7.17. The third-order valence-corrected chi connectivity index (χ3v) is 2.17. The van der Waals surface area contributed by atoms with Gasteiger partial charge in [-0.2, -0.15) is 0 Å². The molecule has 0 aromatic heterocycles. The van der Waals surface area contributed by atoms with Crippen LogP contribution < -0.4 is 10.1 Å². The number of aliphatic hydroxyl groups excluding tert-OH is 1. The number of anilines is 1. The summed E-state index contributed by atoms with van der Waals surface area (Å²) in [6.07, 6.45) is 0.175. The van der Waals surface area contributed by atoms with Gasteiger partial charge in [0.25, 0.3) is 0 Å². The molecule has 0 spiro atoms. The molecule has 1 atom stereocenters. The van der Waals surface area contributed by atoms with Gasteiger partial charge in [-0.3, -0.25) is 0 Å². The van der Waals surface area contributed by atoms with E-state index in [9.17, 15) is 9.50 Å². The molecule has 3 nitrogen and oxygen atoms in total. The molecule has 1 rings (SSSR count). The first kappa shape index (κ1) is 11.8. The van der Waals surface area contributed by atoms with E-state index >= 15 is 0 Å². The van der Waals surface area contributed by atoms with Crippen LogP contribution in [0.2, 0.25) is 0 Å². The Kier molecular flexibility index (Phi) is 4.37. The van der Waals surface area contributed by atoms with E-state index in [0.717, 1.165) is 0 Å². The van der Waals surface area contributed by atoms with E-state index in [2.05, 4.69) is 5.32 Å². The largest absolute Gasteiger partial charge is 0.497 e. The van der Waals surface area contributed by atoms with Gasteiger partial charge in [-0.1, -0.05) is 6.92 Å². The molecule has 1 unspecified atom stereocenters. The quantitative estimate of drug-likeness (QED) is 0.786. The van der Waals surface area contributed by atoms with Crippen molar-refractivity contribution in [1.29, 1.82) is 0 Å². The number of nitrogens with one attached hydrogen (secondary N) is 1. The third-order valence-electron chi connectivity index (χ3n) is 2.17. The lowest BCUT2D eigenvalue weighted by Gasteiger charge is -2.12. The molecule has 1 aromatic rings. The molecule has 0 heterocycles. The van der Waals surface area contributed by atoms with Crippen LogP contribution in [-0.2, 0) is 0 Å². The summed E-state index contributed by atoms with van der Waals surface area (Å²) in [7, 11) is 1.53. The van der Waals surface area contributed by atoms with E-state index < -0.39 is 6.10 Å². The summed E-state index contributed by atoms with van der Waals surface area (Å²) in [5, 5.41) is 12.2. The van der Waals surface area contributed by atoms with Crippen LogP contribution in [0.3, 0.4) is 0 Å². The van der Waals surface area contributed by atoms with Crippen molar-refractivity contribution in [1.82, 2.24) is 0 Å². The number of methoxy groups -OCH3 is 1. The van der Waals surface area contributed by atoms with Gasteiger partial charge in [-0.15, -0.1) is 0 Å². The standard InChI is InChI=1S/C11H16FNO2/c1-3-8(14)7-13-11-6-9(15-2)4-5-10(11)12/h4-6,8,13-14H,3,7H2,1-2H3. The minimum absolute atomic E-state index is 0.334. The van der Waals surface area contributed by atoms with Crippen LogP contribution in [-0.4, -0.2) is 24.9 Å². The molecule has 0 amide bonds. The van der Waals surface area contributed by atoms with Crippen molar-refractivity contribution in [2.45, 2.75) is 19.4 Å². The maximum Gasteiger partial charge on any atom is 0.146 e. The minimum atomic E-state index is -0.462. The van der Waals surface area contributed by atoms with Crippen molar-refractivity contribution in [2.75, 3.05) is 19.0 Å². The second-order valence-corrected chi connectivity index (χ2v) is 3.29. The van der Waals surface area contributed by atoms with Crippen molar-refractivity contribution in [3.8, 4) is 5.75 Å². The molecule has 84 valence electrons. The number of rotatable bonds is 5. The van der Waals surface area contributed by atoms with Crippen LogP contribution in [0.5, 0.6) is 5.75 Å². The van der Waals surface area contributed by atoms with Gasteiger partial charge in [0.05, 0.1) is 18.9 Å². The summed E-state index contributed by atoms with van der Waals surface area (Å²) in [5.74, 6) is 0.240. The van der Waals surface area contributed by atoms with Crippen molar-refractivity contribution in [2.24, 2.45) is 0 Å². The van der Waals surface area contributed by atoms with Gasteiger partial charge in [0.15, 0.2) is 0 Å². The smallest absolute Gasteiger partial charge is 0.146 e. The van der Waals surface area contributed by atoms with Crippen molar-refractivity contribution < 1.29 is 14.2 Å². The summed E-state index contributed by atoms with van der Waals surface area (Å²) in [6.45, 7) is 2.20. The summed E-state index contributed by atoms with van der Waals surface area (Å²) < 4.78 is 18.2. The highest BCUT2D eigenvalue weighted by Gasteiger charge is 2.05. The summed E-state index contributed by atoms with van der Waals surface area (Å²) in [4.78, 5) is 0. The Morgan fingerprint density at radius 2 is 2.27 bits per heavy atom. The SMILES string of the molecule is CCC(O)CNc1cc(OC)ccc1F. The van der Waals surface area contributed by atoms with E-state index in [1.54, 1.807) is 12.1 Å². The molecule has 0 aliphatic rings. The van der Waals surface area contributed by atoms with Gasteiger partial charge in [-0.25, -0.2) is 4.39 Å². The van der Waals surface area contributed by atoms with Gasteiger partial charge >= 0.3 is 0 Å². The number of hydrogen-bond acceptors (Lipinski definition) is 3. The van der Waals surface area contributed by atoms with E-state index in [4.69, 9.17) is 4.74 Å². The highest BCUT2D eigenvalue weighted by Crippen LogP contribution is 2.20. The predicted molar refractivity (Wildman–Crippen MR) is 57.7 cm³/mol. The lowest BCUT2D eigenvalue weighted by molar-refractivity contribution is 0.183. The fourth-order valence-electron chi connectivity index (χ4n) is 1.14. The molecule has 0 saturated heterocycles. The fraction of sp³-hybridized carbons (Fsp3) is 0.455. The molecular weight excluding hydrogens is 197 g/mol. The van der Waals surface area contributed by atoms with Crippen molar-refractivity contribution >= 4 is 5.69 Å². The maximum absolute atomic E-state index is 13.3. The Balaban J connectivity index is 2.66.